The van der Waals surface area contributed by atoms with Gasteiger partial charge >= 0.3 is 0 Å². The molecule has 0 amide bonds. The van der Waals surface area contributed by atoms with Crippen molar-refractivity contribution in [2.24, 2.45) is 0 Å². The van der Waals surface area contributed by atoms with Crippen molar-refractivity contribution >= 4 is 10.7 Å². The maximum Gasteiger partial charge on any atom is 0.220 e. The molecule has 0 aliphatic rings. The lowest BCUT2D eigenvalue weighted by atomic mass is 10.1. The summed E-state index contributed by atoms with van der Waals surface area (Å²) < 4.78 is 34.6. The first-order valence-electron chi connectivity index (χ1n) is 4.54. The molecule has 0 atom stereocenters. The summed E-state index contributed by atoms with van der Waals surface area (Å²) in [5.74, 6) is -0.568. The quantitative estimate of drug-likeness (QED) is 0.640. The molecular formula is C11H8FNO2S. The van der Waals surface area contributed by atoms with Crippen molar-refractivity contribution in [2.45, 2.75) is 4.90 Å². The zero-order valence-electron chi connectivity index (χ0n) is 8.13. The lowest BCUT2D eigenvalue weighted by Crippen LogP contribution is -1.88. The third-order valence-electron chi connectivity index (χ3n) is 2.15. The van der Waals surface area contributed by atoms with Crippen LogP contribution in [0, 0.1) is 5.95 Å². The number of benzene rings is 1. The van der Waals surface area contributed by atoms with Crippen molar-refractivity contribution in [3.8, 4) is 11.1 Å². The van der Waals surface area contributed by atoms with Crippen molar-refractivity contribution in [3.05, 3.63) is 48.5 Å². The summed E-state index contributed by atoms with van der Waals surface area (Å²) in [5, 5.41) is 0. The van der Waals surface area contributed by atoms with Crippen LogP contribution in [-0.4, -0.2) is 13.4 Å². The zero-order valence-corrected chi connectivity index (χ0v) is 9.02. The number of hydrogen-bond donors (Lipinski definition) is 1. The van der Waals surface area contributed by atoms with E-state index in [-0.39, 0.29) is 4.90 Å². The normalized spacial score (nSPS) is 10.6. The molecule has 16 heavy (non-hydrogen) atoms. The van der Waals surface area contributed by atoms with Gasteiger partial charge in [-0.2, -0.15) is 4.39 Å². The first-order valence-corrected chi connectivity index (χ1v) is 5.71. The molecular weight excluding hydrogens is 229 g/mol. The molecule has 1 aromatic carbocycles. The Bertz CT molecular complexity index is 571. The van der Waals surface area contributed by atoms with E-state index in [2.05, 4.69) is 4.98 Å². The fourth-order valence-corrected chi connectivity index (χ4v) is 1.76. The van der Waals surface area contributed by atoms with Gasteiger partial charge in [-0.25, -0.2) is 13.4 Å². The summed E-state index contributed by atoms with van der Waals surface area (Å²) in [4.78, 5) is 3.74. The largest absolute Gasteiger partial charge is 0.228 e. The summed E-state index contributed by atoms with van der Waals surface area (Å²) in [6, 6.07) is 9.21. The molecule has 0 aliphatic carbocycles. The minimum absolute atomic E-state index is 0.211. The Balaban J connectivity index is 2.46. The van der Waals surface area contributed by atoms with Gasteiger partial charge in [0, 0.05) is 11.8 Å². The van der Waals surface area contributed by atoms with E-state index < -0.39 is 16.7 Å². The van der Waals surface area contributed by atoms with Crippen LogP contribution in [0.5, 0.6) is 0 Å². The Kier molecular flexibility index (Phi) is 2.96. The van der Waals surface area contributed by atoms with Crippen LogP contribution in [0.4, 0.5) is 4.39 Å². The molecule has 0 bridgehead atoms. The van der Waals surface area contributed by atoms with Gasteiger partial charge in [0.2, 0.25) is 5.95 Å². The van der Waals surface area contributed by atoms with Crippen LogP contribution in [-0.2, 0) is 10.7 Å². The molecule has 0 aliphatic heterocycles. The fraction of sp³-hybridized carbons (Fsp3) is 0. The Morgan fingerprint density at radius 2 is 1.75 bits per heavy atom. The van der Waals surface area contributed by atoms with Crippen LogP contribution >= 0.6 is 0 Å². The second kappa shape index (κ2) is 4.40. The number of pyridine rings is 1. The van der Waals surface area contributed by atoms with E-state index in [0.29, 0.717) is 11.1 Å². The maximum atomic E-state index is 13.3. The maximum absolute atomic E-state index is 13.3. The molecule has 0 N–H and O–H groups in total. The number of nitrogens with zero attached hydrogens (tertiary/aromatic N) is 1. The molecule has 0 fully saturated rings. The molecule has 82 valence electrons. The summed E-state index contributed by atoms with van der Waals surface area (Å²) in [6.45, 7) is 0. The van der Waals surface area contributed by atoms with E-state index in [4.69, 9.17) is 0 Å². The predicted molar refractivity (Wildman–Crippen MR) is 58.2 cm³/mol. The molecule has 2 aromatic rings. The van der Waals surface area contributed by atoms with Crippen molar-refractivity contribution in [1.29, 1.82) is 0 Å². The lowest BCUT2D eigenvalue weighted by Gasteiger charge is -2.01. The summed E-state index contributed by atoms with van der Waals surface area (Å²) in [5.41, 5.74) is 0.960. The van der Waals surface area contributed by atoms with Crippen LogP contribution in [0.15, 0.2) is 47.5 Å². The van der Waals surface area contributed by atoms with Gasteiger partial charge in [-0.15, -0.1) is 0 Å². The lowest BCUT2D eigenvalue weighted by molar-refractivity contribution is 0.587. The summed E-state index contributed by atoms with van der Waals surface area (Å²) >= 11 is 0. The SMILES string of the molecule is O=[SH](=O)c1ccc(-c2cccnc2F)cc1. The first kappa shape index (κ1) is 10.8. The van der Waals surface area contributed by atoms with Gasteiger partial charge in [0.05, 0.1) is 4.90 Å². The van der Waals surface area contributed by atoms with E-state index in [9.17, 15) is 12.8 Å². The number of hydrogen-bond acceptors (Lipinski definition) is 3. The van der Waals surface area contributed by atoms with Gasteiger partial charge in [0.15, 0.2) is 10.7 Å². The van der Waals surface area contributed by atoms with Crippen LogP contribution in [0.2, 0.25) is 0 Å². The molecule has 2 rings (SSSR count). The Labute approximate surface area is 93.5 Å². The standard InChI is InChI=1S/C11H8FNO2S/c12-11-10(2-1-7-13-11)8-3-5-9(6-4-8)16(14)15/h1-7,16H. The average molecular weight is 237 g/mol. The van der Waals surface area contributed by atoms with Gasteiger partial charge in [-0.1, -0.05) is 12.1 Å². The number of thiol groups is 1. The van der Waals surface area contributed by atoms with Crippen LogP contribution < -0.4 is 0 Å². The van der Waals surface area contributed by atoms with Crippen molar-refractivity contribution in [3.63, 3.8) is 0 Å². The summed E-state index contributed by atoms with van der Waals surface area (Å²) in [7, 11) is -2.59. The van der Waals surface area contributed by atoms with E-state index in [1.165, 1.54) is 18.3 Å². The molecule has 0 spiro atoms. The first-order chi connectivity index (χ1) is 7.68. The van der Waals surface area contributed by atoms with E-state index >= 15 is 0 Å². The second-order valence-electron chi connectivity index (χ2n) is 3.15. The number of aromatic nitrogens is 1. The van der Waals surface area contributed by atoms with E-state index in [0.717, 1.165) is 0 Å². The van der Waals surface area contributed by atoms with Crippen molar-refractivity contribution < 1.29 is 12.8 Å². The predicted octanol–water partition coefficient (Wildman–Crippen LogP) is 1.86. The molecule has 0 unspecified atom stereocenters. The monoisotopic (exact) mass is 237 g/mol. The van der Waals surface area contributed by atoms with Gasteiger partial charge < -0.3 is 0 Å². The fourth-order valence-electron chi connectivity index (χ4n) is 1.36. The van der Waals surface area contributed by atoms with Gasteiger partial charge in [-0.3, -0.25) is 0 Å². The highest BCUT2D eigenvalue weighted by molar-refractivity contribution is 7.72. The van der Waals surface area contributed by atoms with Crippen LogP contribution in [0.3, 0.4) is 0 Å². The van der Waals surface area contributed by atoms with Gasteiger partial charge in [0.1, 0.15) is 0 Å². The topological polar surface area (TPSA) is 47.0 Å². The molecule has 0 radical (unpaired) electrons. The second-order valence-corrected chi connectivity index (χ2v) is 4.18. The third kappa shape index (κ3) is 2.09. The molecule has 1 heterocycles. The smallest absolute Gasteiger partial charge is 0.220 e. The van der Waals surface area contributed by atoms with Crippen LogP contribution in [0.1, 0.15) is 0 Å². The zero-order chi connectivity index (χ0) is 11.5. The molecule has 3 nitrogen and oxygen atoms in total. The average Bonchev–Trinajstić information content (AvgIpc) is 2.30. The van der Waals surface area contributed by atoms with Gasteiger partial charge in [-0.05, 0) is 29.8 Å². The number of rotatable bonds is 2. The van der Waals surface area contributed by atoms with Crippen molar-refractivity contribution in [1.82, 2.24) is 4.98 Å². The number of halogens is 1. The van der Waals surface area contributed by atoms with Crippen molar-refractivity contribution in [2.75, 3.05) is 0 Å². The minimum atomic E-state index is -2.59. The molecule has 5 heteroatoms. The highest BCUT2D eigenvalue weighted by atomic mass is 32.2. The summed E-state index contributed by atoms with van der Waals surface area (Å²) in [6.07, 6.45) is 1.36. The highest BCUT2D eigenvalue weighted by Gasteiger charge is 2.05. The minimum Gasteiger partial charge on any atom is -0.228 e. The third-order valence-corrected chi connectivity index (χ3v) is 2.87. The van der Waals surface area contributed by atoms with Crippen LogP contribution in [0.25, 0.3) is 11.1 Å². The van der Waals surface area contributed by atoms with E-state index in [1.54, 1.807) is 24.3 Å². The highest BCUT2D eigenvalue weighted by Crippen LogP contribution is 2.21. The van der Waals surface area contributed by atoms with E-state index in [1.807, 2.05) is 0 Å². The van der Waals surface area contributed by atoms with Gasteiger partial charge in [0.25, 0.3) is 0 Å². The molecule has 0 saturated carbocycles. The Morgan fingerprint density at radius 3 is 2.31 bits per heavy atom. The molecule has 0 saturated heterocycles. The Morgan fingerprint density at radius 1 is 1.06 bits per heavy atom. The Hall–Kier alpha value is -1.75. The molecule has 1 aromatic heterocycles.